The van der Waals surface area contributed by atoms with Crippen molar-refractivity contribution >= 4 is 18.4 Å². The van der Waals surface area contributed by atoms with Gasteiger partial charge in [0.25, 0.3) is 0 Å². The summed E-state index contributed by atoms with van der Waals surface area (Å²) >= 11 is 0. The zero-order valence-electron chi connectivity index (χ0n) is 9.04. The third kappa shape index (κ3) is 1.13. The van der Waals surface area contributed by atoms with Gasteiger partial charge in [-0.2, -0.15) is 0 Å². The van der Waals surface area contributed by atoms with Gasteiger partial charge in [0, 0.05) is 0 Å². The zero-order chi connectivity index (χ0) is 9.85. The van der Waals surface area contributed by atoms with E-state index in [2.05, 4.69) is 20.8 Å². The van der Waals surface area contributed by atoms with Gasteiger partial charge in [-0.25, -0.2) is 0 Å². The highest BCUT2D eigenvalue weighted by molar-refractivity contribution is 5.85. The summed E-state index contributed by atoms with van der Waals surface area (Å²) in [7, 11) is 0. The molecule has 0 aromatic rings. The third-order valence-electron chi connectivity index (χ3n) is 5.09. The van der Waals surface area contributed by atoms with Crippen molar-refractivity contribution in [1.29, 1.82) is 0 Å². The highest BCUT2D eigenvalue weighted by Gasteiger charge is 2.63. The lowest BCUT2D eigenvalue weighted by Crippen LogP contribution is -2.36. The van der Waals surface area contributed by atoms with E-state index in [0.29, 0.717) is 5.92 Å². The summed E-state index contributed by atoms with van der Waals surface area (Å²) in [6.45, 7) is 6.65. The number of carbonyl (C=O) groups is 1. The van der Waals surface area contributed by atoms with Gasteiger partial charge >= 0.3 is 5.97 Å². The van der Waals surface area contributed by atoms with Gasteiger partial charge in [-0.05, 0) is 36.0 Å². The molecule has 0 heterocycles. The molecule has 0 spiro atoms. The maximum atomic E-state index is 11.1. The summed E-state index contributed by atoms with van der Waals surface area (Å²) in [5.41, 5.74) is 0.277. The van der Waals surface area contributed by atoms with Crippen molar-refractivity contribution in [3.05, 3.63) is 0 Å². The Hall–Kier alpha value is -0.240. The molecule has 1 N–H and O–H groups in total. The molecule has 2 bridgehead atoms. The maximum Gasteiger partial charge on any atom is 0.307 e. The SMILES string of the molecule is CC1(C)C2CC[C@@]1(C)C(C(=O)O)C2.Cl. The van der Waals surface area contributed by atoms with Gasteiger partial charge in [-0.3, -0.25) is 4.79 Å². The Morgan fingerprint density at radius 3 is 2.14 bits per heavy atom. The first-order valence-electron chi connectivity index (χ1n) is 5.12. The van der Waals surface area contributed by atoms with Crippen LogP contribution >= 0.6 is 12.4 Å². The van der Waals surface area contributed by atoms with Crippen LogP contribution in [0, 0.1) is 22.7 Å². The summed E-state index contributed by atoms with van der Waals surface area (Å²) in [6, 6.07) is 0. The second kappa shape index (κ2) is 3.13. The molecule has 0 aromatic carbocycles. The maximum absolute atomic E-state index is 11.1. The number of halogens is 1. The summed E-state index contributed by atoms with van der Waals surface area (Å²) < 4.78 is 0. The van der Waals surface area contributed by atoms with E-state index in [0.717, 1.165) is 12.8 Å². The monoisotopic (exact) mass is 218 g/mol. The first-order valence-corrected chi connectivity index (χ1v) is 5.12. The van der Waals surface area contributed by atoms with Crippen LogP contribution in [0.3, 0.4) is 0 Å². The fourth-order valence-corrected chi connectivity index (χ4v) is 3.58. The molecule has 0 radical (unpaired) electrons. The summed E-state index contributed by atoms with van der Waals surface area (Å²) in [4.78, 5) is 11.1. The molecule has 2 aliphatic rings. The molecule has 2 nitrogen and oxygen atoms in total. The Morgan fingerprint density at radius 2 is 1.93 bits per heavy atom. The highest BCUT2D eigenvalue weighted by atomic mass is 35.5. The molecule has 2 unspecified atom stereocenters. The van der Waals surface area contributed by atoms with Crippen LogP contribution < -0.4 is 0 Å². The first kappa shape index (κ1) is 11.8. The van der Waals surface area contributed by atoms with E-state index < -0.39 is 5.97 Å². The Kier molecular flexibility index (Phi) is 2.64. The summed E-state index contributed by atoms with van der Waals surface area (Å²) in [6.07, 6.45) is 3.23. The largest absolute Gasteiger partial charge is 0.481 e. The van der Waals surface area contributed by atoms with E-state index in [1.807, 2.05) is 0 Å². The predicted octanol–water partition coefficient (Wildman–Crippen LogP) is 2.96. The number of hydrogen-bond acceptors (Lipinski definition) is 1. The van der Waals surface area contributed by atoms with Crippen LogP contribution in [-0.4, -0.2) is 11.1 Å². The topological polar surface area (TPSA) is 37.3 Å². The molecule has 0 aromatic heterocycles. The number of carboxylic acids is 1. The van der Waals surface area contributed by atoms with E-state index in [4.69, 9.17) is 5.11 Å². The third-order valence-corrected chi connectivity index (χ3v) is 5.09. The van der Waals surface area contributed by atoms with Crippen molar-refractivity contribution in [3.8, 4) is 0 Å². The van der Waals surface area contributed by atoms with Crippen molar-refractivity contribution in [2.45, 2.75) is 40.0 Å². The molecule has 3 heteroatoms. The molecule has 2 rings (SSSR count). The molecule has 82 valence electrons. The van der Waals surface area contributed by atoms with Gasteiger partial charge in [0.2, 0.25) is 0 Å². The van der Waals surface area contributed by atoms with E-state index in [-0.39, 0.29) is 29.2 Å². The quantitative estimate of drug-likeness (QED) is 0.735. The highest BCUT2D eigenvalue weighted by Crippen LogP contribution is 2.68. The average Bonchev–Trinajstić information content (AvgIpc) is 2.34. The predicted molar refractivity (Wildman–Crippen MR) is 57.6 cm³/mol. The van der Waals surface area contributed by atoms with Gasteiger partial charge in [-0.1, -0.05) is 20.8 Å². The second-order valence-electron chi connectivity index (χ2n) is 5.50. The number of carboxylic acid groups (broad SMARTS) is 1. The molecule has 0 amide bonds. The normalized spacial score (nSPS) is 43.4. The molecular weight excluding hydrogens is 200 g/mol. The van der Waals surface area contributed by atoms with Crippen LogP contribution in [0.25, 0.3) is 0 Å². The first-order chi connectivity index (χ1) is 5.89. The molecule has 3 atom stereocenters. The van der Waals surface area contributed by atoms with Crippen LogP contribution in [0.15, 0.2) is 0 Å². The zero-order valence-corrected chi connectivity index (χ0v) is 9.86. The lowest BCUT2D eigenvalue weighted by atomic mass is 9.67. The van der Waals surface area contributed by atoms with Crippen molar-refractivity contribution < 1.29 is 9.90 Å². The number of fused-ring (bicyclic) bond motifs is 2. The van der Waals surface area contributed by atoms with Gasteiger partial charge in [0.05, 0.1) is 5.92 Å². The Balaban J connectivity index is 0.000000980. The lowest BCUT2D eigenvalue weighted by molar-refractivity contribution is -0.147. The van der Waals surface area contributed by atoms with Crippen molar-refractivity contribution in [2.24, 2.45) is 22.7 Å². The van der Waals surface area contributed by atoms with Crippen LogP contribution in [0.2, 0.25) is 0 Å². The molecule has 0 aliphatic heterocycles. The molecular formula is C11H19ClO2. The Bertz CT molecular complexity index is 262. The van der Waals surface area contributed by atoms with E-state index in [1.54, 1.807) is 0 Å². The lowest BCUT2D eigenvalue weighted by Gasteiger charge is -2.37. The molecule has 14 heavy (non-hydrogen) atoms. The smallest absolute Gasteiger partial charge is 0.307 e. The number of hydrogen-bond donors (Lipinski definition) is 1. The standard InChI is InChI=1S/C11H18O2.ClH/c1-10(2)7-4-5-11(10,3)8(6-7)9(12)13;/h7-8H,4-6H2,1-3H3,(H,12,13);1H/t7?,8?,11-;/m0./s1. The van der Waals surface area contributed by atoms with Gasteiger partial charge in [0.1, 0.15) is 0 Å². The summed E-state index contributed by atoms with van der Waals surface area (Å²) in [5.74, 6) is -0.0439. The molecule has 0 saturated heterocycles. The van der Waals surface area contributed by atoms with Gasteiger partial charge in [-0.15, -0.1) is 12.4 Å². The molecule has 2 fully saturated rings. The van der Waals surface area contributed by atoms with Crippen molar-refractivity contribution in [1.82, 2.24) is 0 Å². The van der Waals surface area contributed by atoms with Crippen LogP contribution in [-0.2, 0) is 4.79 Å². The fraction of sp³-hybridized carbons (Fsp3) is 0.909. The fourth-order valence-electron chi connectivity index (χ4n) is 3.58. The second-order valence-corrected chi connectivity index (χ2v) is 5.50. The van der Waals surface area contributed by atoms with Crippen molar-refractivity contribution in [3.63, 3.8) is 0 Å². The van der Waals surface area contributed by atoms with E-state index >= 15 is 0 Å². The molecule has 2 aliphatic carbocycles. The number of rotatable bonds is 1. The minimum absolute atomic E-state index is 0. The van der Waals surface area contributed by atoms with Crippen LogP contribution in [0.5, 0.6) is 0 Å². The van der Waals surface area contributed by atoms with E-state index in [9.17, 15) is 4.79 Å². The van der Waals surface area contributed by atoms with Gasteiger partial charge in [0.15, 0.2) is 0 Å². The van der Waals surface area contributed by atoms with Gasteiger partial charge < -0.3 is 5.11 Å². The Morgan fingerprint density at radius 1 is 1.36 bits per heavy atom. The van der Waals surface area contributed by atoms with Crippen molar-refractivity contribution in [2.75, 3.05) is 0 Å². The van der Waals surface area contributed by atoms with Crippen LogP contribution in [0.1, 0.15) is 40.0 Å². The average molecular weight is 219 g/mol. The molecule has 2 saturated carbocycles. The minimum atomic E-state index is -0.585. The van der Waals surface area contributed by atoms with E-state index in [1.165, 1.54) is 6.42 Å². The summed E-state index contributed by atoms with van der Waals surface area (Å²) in [5, 5.41) is 9.13. The number of aliphatic carboxylic acids is 1. The van der Waals surface area contributed by atoms with Crippen LogP contribution in [0.4, 0.5) is 0 Å². The Labute approximate surface area is 91.5 Å². The minimum Gasteiger partial charge on any atom is -0.481 e.